The lowest BCUT2D eigenvalue weighted by Crippen LogP contribution is -2.35. The standard InChI is InChI=1S/C15H16N4O3/c1-18-8-7-11-12(14(16)20)17-19(13(11)15(18)21)9-3-5-10(22-2)6-4-9/h3-6H,7-8H2,1-2H3,(H2,16,20). The third-order valence-electron chi connectivity index (χ3n) is 3.78. The second-order valence-electron chi connectivity index (χ2n) is 5.13. The van der Waals surface area contributed by atoms with Gasteiger partial charge in [-0.2, -0.15) is 5.10 Å². The maximum atomic E-state index is 12.5. The molecular weight excluding hydrogens is 284 g/mol. The number of carbonyl (C=O) groups excluding carboxylic acids is 2. The van der Waals surface area contributed by atoms with E-state index >= 15 is 0 Å². The third kappa shape index (κ3) is 2.11. The fourth-order valence-corrected chi connectivity index (χ4v) is 2.58. The number of ether oxygens (including phenoxy) is 1. The molecule has 0 spiro atoms. The summed E-state index contributed by atoms with van der Waals surface area (Å²) in [5.74, 6) is -0.0960. The molecule has 7 heteroatoms. The van der Waals surface area contributed by atoms with Crippen molar-refractivity contribution in [3.8, 4) is 11.4 Å². The molecule has 0 saturated carbocycles. The zero-order chi connectivity index (χ0) is 15.9. The Hall–Kier alpha value is -2.83. The van der Waals surface area contributed by atoms with E-state index in [0.717, 1.165) is 0 Å². The van der Waals surface area contributed by atoms with Crippen molar-refractivity contribution in [3.63, 3.8) is 0 Å². The van der Waals surface area contributed by atoms with Crippen molar-refractivity contribution in [2.75, 3.05) is 20.7 Å². The number of hydrogen-bond donors (Lipinski definition) is 1. The summed E-state index contributed by atoms with van der Waals surface area (Å²) in [7, 11) is 3.30. The first-order valence-corrected chi connectivity index (χ1v) is 6.84. The second kappa shape index (κ2) is 5.18. The van der Waals surface area contributed by atoms with Crippen molar-refractivity contribution in [1.29, 1.82) is 0 Å². The van der Waals surface area contributed by atoms with Crippen LogP contribution < -0.4 is 10.5 Å². The Morgan fingerprint density at radius 2 is 2.00 bits per heavy atom. The van der Waals surface area contributed by atoms with Crippen molar-refractivity contribution >= 4 is 11.8 Å². The van der Waals surface area contributed by atoms with Crippen LogP contribution in [0, 0.1) is 0 Å². The van der Waals surface area contributed by atoms with Crippen molar-refractivity contribution in [3.05, 3.63) is 41.2 Å². The smallest absolute Gasteiger partial charge is 0.272 e. The minimum absolute atomic E-state index is 0.160. The number of likely N-dealkylation sites (N-methyl/N-ethyl adjacent to an activating group) is 1. The minimum Gasteiger partial charge on any atom is -0.497 e. The average Bonchev–Trinajstić information content (AvgIpc) is 2.91. The lowest BCUT2D eigenvalue weighted by molar-refractivity contribution is 0.0771. The molecule has 114 valence electrons. The molecule has 1 aliphatic rings. The van der Waals surface area contributed by atoms with E-state index < -0.39 is 5.91 Å². The van der Waals surface area contributed by atoms with Crippen molar-refractivity contribution in [1.82, 2.24) is 14.7 Å². The molecule has 2 amide bonds. The number of rotatable bonds is 3. The van der Waals surface area contributed by atoms with Crippen LogP contribution in [-0.2, 0) is 6.42 Å². The molecule has 3 rings (SSSR count). The van der Waals surface area contributed by atoms with E-state index in [9.17, 15) is 9.59 Å². The van der Waals surface area contributed by atoms with Gasteiger partial charge < -0.3 is 15.4 Å². The Bertz CT molecular complexity index is 749. The van der Waals surface area contributed by atoms with Gasteiger partial charge in [0.1, 0.15) is 11.4 Å². The van der Waals surface area contributed by atoms with Crippen molar-refractivity contribution < 1.29 is 14.3 Å². The Kier molecular flexibility index (Phi) is 3.32. The Morgan fingerprint density at radius 3 is 2.59 bits per heavy atom. The van der Waals surface area contributed by atoms with Crippen LogP contribution >= 0.6 is 0 Å². The summed E-state index contributed by atoms with van der Waals surface area (Å²) in [4.78, 5) is 25.7. The van der Waals surface area contributed by atoms with Crippen LogP contribution in [0.25, 0.3) is 5.69 Å². The zero-order valence-corrected chi connectivity index (χ0v) is 12.4. The molecule has 1 aromatic carbocycles. The molecule has 0 aliphatic carbocycles. The van der Waals surface area contributed by atoms with Gasteiger partial charge in [-0.15, -0.1) is 0 Å². The van der Waals surface area contributed by atoms with E-state index in [1.54, 1.807) is 43.3 Å². The highest BCUT2D eigenvalue weighted by atomic mass is 16.5. The normalized spacial score (nSPS) is 13.9. The molecule has 0 bridgehead atoms. The van der Waals surface area contributed by atoms with Crippen LogP contribution in [0.1, 0.15) is 26.5 Å². The van der Waals surface area contributed by atoms with E-state index in [1.807, 2.05) is 0 Å². The minimum atomic E-state index is -0.624. The molecule has 0 fully saturated rings. The van der Waals surface area contributed by atoms with Gasteiger partial charge in [0.2, 0.25) is 0 Å². The molecule has 0 saturated heterocycles. The van der Waals surface area contributed by atoms with Crippen LogP contribution in [0.4, 0.5) is 0 Å². The molecule has 1 aliphatic heterocycles. The monoisotopic (exact) mass is 300 g/mol. The molecule has 2 aromatic rings. The second-order valence-corrected chi connectivity index (χ2v) is 5.13. The molecule has 2 N–H and O–H groups in total. The summed E-state index contributed by atoms with van der Waals surface area (Å²) >= 11 is 0. The fourth-order valence-electron chi connectivity index (χ4n) is 2.58. The number of nitrogens with two attached hydrogens (primary N) is 1. The van der Waals surface area contributed by atoms with E-state index in [4.69, 9.17) is 10.5 Å². The van der Waals surface area contributed by atoms with Gasteiger partial charge in [0.15, 0.2) is 5.69 Å². The zero-order valence-electron chi connectivity index (χ0n) is 12.4. The predicted molar refractivity (Wildman–Crippen MR) is 79.3 cm³/mol. The predicted octanol–water partition coefficient (Wildman–Crippen LogP) is 0.608. The molecular formula is C15H16N4O3. The average molecular weight is 300 g/mol. The van der Waals surface area contributed by atoms with Gasteiger partial charge in [-0.1, -0.05) is 0 Å². The highest BCUT2D eigenvalue weighted by Gasteiger charge is 2.32. The first-order valence-electron chi connectivity index (χ1n) is 6.84. The van der Waals surface area contributed by atoms with Gasteiger partial charge in [-0.05, 0) is 30.7 Å². The number of amides is 2. The van der Waals surface area contributed by atoms with Crippen LogP contribution in [0.3, 0.4) is 0 Å². The Labute approximate surface area is 127 Å². The molecule has 0 atom stereocenters. The first kappa shape index (κ1) is 14.1. The summed E-state index contributed by atoms with van der Waals surface area (Å²) in [6.45, 7) is 0.542. The lowest BCUT2D eigenvalue weighted by atomic mass is 10.0. The van der Waals surface area contributed by atoms with Gasteiger partial charge in [0.25, 0.3) is 11.8 Å². The van der Waals surface area contributed by atoms with Crippen LogP contribution in [0.2, 0.25) is 0 Å². The maximum Gasteiger partial charge on any atom is 0.272 e. The van der Waals surface area contributed by atoms with Crippen LogP contribution in [0.15, 0.2) is 24.3 Å². The molecule has 0 unspecified atom stereocenters. The highest BCUT2D eigenvalue weighted by Crippen LogP contribution is 2.25. The van der Waals surface area contributed by atoms with Crippen molar-refractivity contribution in [2.24, 2.45) is 5.73 Å². The number of hydrogen-bond acceptors (Lipinski definition) is 4. The Balaban J connectivity index is 2.18. The maximum absolute atomic E-state index is 12.5. The highest BCUT2D eigenvalue weighted by molar-refractivity contribution is 6.01. The first-order chi connectivity index (χ1) is 10.5. The van der Waals surface area contributed by atoms with E-state index in [-0.39, 0.29) is 11.6 Å². The summed E-state index contributed by atoms with van der Waals surface area (Å²) in [6.07, 6.45) is 0.562. The summed E-state index contributed by atoms with van der Waals surface area (Å²) in [5.41, 5.74) is 7.24. The number of benzene rings is 1. The van der Waals surface area contributed by atoms with Crippen LogP contribution in [-0.4, -0.2) is 47.2 Å². The van der Waals surface area contributed by atoms with Gasteiger partial charge in [0, 0.05) is 19.2 Å². The number of nitrogens with zero attached hydrogens (tertiary/aromatic N) is 3. The Morgan fingerprint density at radius 1 is 1.32 bits per heavy atom. The van der Waals surface area contributed by atoms with Crippen LogP contribution in [0.5, 0.6) is 5.75 Å². The molecule has 1 aromatic heterocycles. The quantitative estimate of drug-likeness (QED) is 0.899. The van der Waals surface area contributed by atoms with E-state index in [2.05, 4.69) is 5.10 Å². The fraction of sp³-hybridized carbons (Fsp3) is 0.267. The lowest BCUT2D eigenvalue weighted by Gasteiger charge is -2.23. The largest absolute Gasteiger partial charge is 0.497 e. The number of carbonyl (C=O) groups is 2. The number of fused-ring (bicyclic) bond motifs is 1. The SMILES string of the molecule is COc1ccc(-n2nc(C(N)=O)c3c2C(=O)N(C)CC3)cc1. The van der Waals surface area contributed by atoms with Gasteiger partial charge in [0.05, 0.1) is 12.8 Å². The number of methoxy groups -OCH3 is 1. The van der Waals surface area contributed by atoms with E-state index in [0.29, 0.717) is 35.7 Å². The topological polar surface area (TPSA) is 90.5 Å². The van der Waals surface area contributed by atoms with Gasteiger partial charge >= 0.3 is 0 Å². The molecule has 2 heterocycles. The molecule has 22 heavy (non-hydrogen) atoms. The summed E-state index contributed by atoms with van der Waals surface area (Å²) in [5, 5.41) is 4.26. The van der Waals surface area contributed by atoms with Gasteiger partial charge in [-0.3, -0.25) is 9.59 Å². The summed E-state index contributed by atoms with van der Waals surface area (Å²) in [6, 6.07) is 7.09. The number of aromatic nitrogens is 2. The number of primary amides is 1. The molecule has 7 nitrogen and oxygen atoms in total. The third-order valence-corrected chi connectivity index (χ3v) is 3.78. The van der Waals surface area contributed by atoms with E-state index in [1.165, 1.54) is 4.68 Å². The van der Waals surface area contributed by atoms with Crippen molar-refractivity contribution in [2.45, 2.75) is 6.42 Å². The molecule has 0 radical (unpaired) electrons. The van der Waals surface area contributed by atoms with Gasteiger partial charge in [-0.25, -0.2) is 4.68 Å². The summed E-state index contributed by atoms with van der Waals surface area (Å²) < 4.78 is 6.60.